The lowest BCUT2D eigenvalue weighted by Crippen LogP contribution is -2.58. The van der Waals surface area contributed by atoms with Crippen molar-refractivity contribution in [2.24, 2.45) is 11.5 Å². The maximum atomic E-state index is 13.5. The van der Waals surface area contributed by atoms with E-state index in [4.69, 9.17) is 11.5 Å². The molecule has 13 nitrogen and oxygen atoms in total. The maximum absolute atomic E-state index is 13.5. The summed E-state index contributed by atoms with van der Waals surface area (Å²) in [4.78, 5) is 65.3. The minimum absolute atomic E-state index is 0.0127. The molecule has 0 saturated carbocycles. The van der Waals surface area contributed by atoms with Gasteiger partial charge in [0.2, 0.25) is 23.6 Å². The zero-order valence-electron chi connectivity index (χ0n) is 21.5. The number of aliphatic hydroxyl groups is 1. The summed E-state index contributed by atoms with van der Waals surface area (Å²) in [5, 5.41) is 26.9. The van der Waals surface area contributed by atoms with Gasteiger partial charge in [-0.2, -0.15) is 0 Å². The second-order valence-corrected chi connectivity index (χ2v) is 9.23. The van der Waals surface area contributed by atoms with E-state index in [2.05, 4.69) is 20.9 Å². The van der Waals surface area contributed by atoms with Gasteiger partial charge in [0.1, 0.15) is 24.2 Å². The van der Waals surface area contributed by atoms with Crippen LogP contribution < -0.4 is 27.4 Å². The van der Waals surface area contributed by atoms with Crippen LogP contribution in [0.4, 0.5) is 0 Å². The first-order valence-corrected chi connectivity index (χ1v) is 12.5. The van der Waals surface area contributed by atoms with Crippen molar-refractivity contribution >= 4 is 40.5 Å². The zero-order valence-corrected chi connectivity index (χ0v) is 21.5. The molecule has 3 rings (SSSR count). The molecule has 2 aromatic carbocycles. The number of carbonyl (C=O) groups is 5. The molecule has 0 saturated heterocycles. The van der Waals surface area contributed by atoms with Crippen LogP contribution >= 0.6 is 0 Å². The van der Waals surface area contributed by atoms with Crippen molar-refractivity contribution in [2.45, 2.75) is 43.4 Å². The van der Waals surface area contributed by atoms with Crippen LogP contribution in [0.5, 0.6) is 0 Å². The summed E-state index contributed by atoms with van der Waals surface area (Å²) < 4.78 is 0. The second kappa shape index (κ2) is 13.9. The summed E-state index contributed by atoms with van der Waals surface area (Å²) in [6.45, 7) is -0.650. The Morgan fingerprint density at radius 2 is 1.38 bits per heavy atom. The molecule has 212 valence electrons. The van der Waals surface area contributed by atoms with Crippen LogP contribution in [0.25, 0.3) is 10.9 Å². The van der Waals surface area contributed by atoms with Gasteiger partial charge < -0.3 is 42.6 Å². The molecule has 4 atom stereocenters. The first-order chi connectivity index (χ1) is 19.1. The number of aromatic nitrogens is 1. The number of carbonyl (C=O) groups excluding carboxylic acids is 4. The van der Waals surface area contributed by atoms with Crippen LogP contribution in [0.2, 0.25) is 0 Å². The van der Waals surface area contributed by atoms with Crippen molar-refractivity contribution in [3.63, 3.8) is 0 Å². The summed E-state index contributed by atoms with van der Waals surface area (Å²) >= 11 is 0. The first-order valence-electron chi connectivity index (χ1n) is 12.5. The van der Waals surface area contributed by atoms with Gasteiger partial charge in [-0.1, -0.05) is 48.5 Å². The molecule has 13 heteroatoms. The Morgan fingerprint density at radius 3 is 2.00 bits per heavy atom. The smallest absolute Gasteiger partial charge is 0.326 e. The quantitative estimate of drug-likeness (QED) is 0.119. The predicted molar refractivity (Wildman–Crippen MR) is 144 cm³/mol. The van der Waals surface area contributed by atoms with Gasteiger partial charge in [0.15, 0.2) is 0 Å². The Hall–Kier alpha value is -4.75. The number of aromatic amines is 1. The van der Waals surface area contributed by atoms with E-state index in [0.29, 0.717) is 11.1 Å². The van der Waals surface area contributed by atoms with Crippen LogP contribution in [0.3, 0.4) is 0 Å². The monoisotopic (exact) mass is 552 g/mol. The molecule has 4 unspecified atom stereocenters. The highest BCUT2D eigenvalue weighted by Gasteiger charge is 2.31. The van der Waals surface area contributed by atoms with Crippen molar-refractivity contribution in [3.05, 3.63) is 71.9 Å². The van der Waals surface area contributed by atoms with Gasteiger partial charge in [-0.05, 0) is 17.2 Å². The molecule has 10 N–H and O–H groups in total. The molecule has 0 fully saturated rings. The van der Waals surface area contributed by atoms with Crippen LogP contribution in [0.15, 0.2) is 60.8 Å². The number of hydrogen-bond donors (Lipinski definition) is 8. The molecule has 0 bridgehead atoms. The number of aliphatic hydroxyl groups excluding tert-OH is 1. The largest absolute Gasteiger partial charge is 0.480 e. The van der Waals surface area contributed by atoms with Gasteiger partial charge in [0, 0.05) is 29.9 Å². The third-order valence-corrected chi connectivity index (χ3v) is 6.20. The molecule has 4 amide bonds. The van der Waals surface area contributed by atoms with Crippen molar-refractivity contribution in [1.82, 2.24) is 20.9 Å². The van der Waals surface area contributed by atoms with Gasteiger partial charge in [0.25, 0.3) is 0 Å². The van der Waals surface area contributed by atoms with Crippen molar-refractivity contribution in [3.8, 4) is 0 Å². The second-order valence-electron chi connectivity index (χ2n) is 9.23. The third kappa shape index (κ3) is 8.12. The van der Waals surface area contributed by atoms with E-state index in [-0.39, 0.29) is 12.8 Å². The fourth-order valence-electron chi connectivity index (χ4n) is 4.10. The lowest BCUT2D eigenvalue weighted by atomic mass is 10.0. The standard InChI is InChI=1S/C27H32N6O7/c28-18(14-34)24(36)31-21(11-16-13-30-19-9-5-4-8-17(16)19)26(38)32-20(10-15-6-2-1-3-7-15)25(37)33-22(27(39)40)12-23(29)35/h1-9,13,18,20-22,30,34H,10-12,14,28H2,(H2,29,35)(H,31,36)(H,32,38)(H,33,37)(H,39,40). The van der Waals surface area contributed by atoms with Crippen molar-refractivity contribution in [1.29, 1.82) is 0 Å². The Kier molecular flexibility index (Phi) is 10.3. The Bertz CT molecular complexity index is 1360. The number of fused-ring (bicyclic) bond motifs is 1. The summed E-state index contributed by atoms with van der Waals surface area (Å²) in [7, 11) is 0. The maximum Gasteiger partial charge on any atom is 0.326 e. The number of nitrogens with two attached hydrogens (primary N) is 2. The summed E-state index contributed by atoms with van der Waals surface area (Å²) in [6, 6.07) is 10.6. The summed E-state index contributed by atoms with van der Waals surface area (Å²) in [5.41, 5.74) is 12.9. The number of rotatable bonds is 14. The lowest BCUT2D eigenvalue weighted by molar-refractivity contribution is -0.143. The third-order valence-electron chi connectivity index (χ3n) is 6.20. The highest BCUT2D eigenvalue weighted by molar-refractivity contribution is 5.95. The first kappa shape index (κ1) is 29.8. The SMILES string of the molecule is NC(=O)CC(NC(=O)C(Cc1ccccc1)NC(=O)C(Cc1c[nH]c2ccccc12)NC(=O)C(N)CO)C(=O)O. The van der Waals surface area contributed by atoms with E-state index < -0.39 is 66.8 Å². The average Bonchev–Trinajstić information content (AvgIpc) is 3.34. The molecule has 1 heterocycles. The Morgan fingerprint density at radius 1 is 0.800 bits per heavy atom. The number of H-pyrrole nitrogens is 1. The van der Waals surface area contributed by atoms with Crippen molar-refractivity contribution < 1.29 is 34.2 Å². The predicted octanol–water partition coefficient (Wildman–Crippen LogP) is -1.31. The van der Waals surface area contributed by atoms with Crippen molar-refractivity contribution in [2.75, 3.05) is 6.61 Å². The fourth-order valence-corrected chi connectivity index (χ4v) is 4.10. The van der Waals surface area contributed by atoms with Crippen LogP contribution in [0.1, 0.15) is 17.5 Å². The van der Waals surface area contributed by atoms with Gasteiger partial charge in [-0.3, -0.25) is 19.2 Å². The number of benzene rings is 2. The molecule has 1 aromatic heterocycles. The van der Waals surface area contributed by atoms with Gasteiger partial charge in [-0.25, -0.2) is 4.79 Å². The zero-order chi connectivity index (χ0) is 29.2. The number of hydrogen-bond acceptors (Lipinski definition) is 7. The molecule has 0 aliphatic carbocycles. The number of para-hydroxylation sites is 1. The molecular formula is C27H32N6O7. The Labute approximate surface area is 229 Å². The minimum Gasteiger partial charge on any atom is -0.480 e. The molecule has 0 aliphatic heterocycles. The molecular weight excluding hydrogens is 520 g/mol. The van der Waals surface area contributed by atoms with E-state index in [1.165, 1.54) is 0 Å². The summed E-state index contributed by atoms with van der Waals surface area (Å²) in [5.74, 6) is -4.80. The number of primary amides is 1. The van der Waals surface area contributed by atoms with Gasteiger partial charge in [0.05, 0.1) is 13.0 Å². The minimum atomic E-state index is -1.61. The number of carboxylic acid groups (broad SMARTS) is 1. The number of aliphatic carboxylic acids is 1. The molecule has 0 spiro atoms. The van der Waals surface area contributed by atoms with E-state index in [1.807, 2.05) is 24.3 Å². The highest BCUT2D eigenvalue weighted by atomic mass is 16.4. The molecule has 0 aliphatic rings. The number of nitrogens with one attached hydrogen (secondary N) is 4. The normalized spacial score (nSPS) is 13.9. The molecule has 0 radical (unpaired) electrons. The van der Waals surface area contributed by atoms with Crippen LogP contribution in [-0.2, 0) is 36.8 Å². The van der Waals surface area contributed by atoms with E-state index in [1.54, 1.807) is 36.5 Å². The van der Waals surface area contributed by atoms with E-state index in [0.717, 1.165) is 10.9 Å². The van der Waals surface area contributed by atoms with Gasteiger partial charge >= 0.3 is 5.97 Å². The van der Waals surface area contributed by atoms with Crippen LogP contribution in [0, 0.1) is 0 Å². The Balaban J connectivity index is 1.88. The van der Waals surface area contributed by atoms with E-state index >= 15 is 0 Å². The van der Waals surface area contributed by atoms with Crippen LogP contribution in [-0.4, -0.2) is 75.6 Å². The molecule has 3 aromatic rings. The highest BCUT2D eigenvalue weighted by Crippen LogP contribution is 2.19. The average molecular weight is 553 g/mol. The van der Waals surface area contributed by atoms with Gasteiger partial charge in [-0.15, -0.1) is 0 Å². The van der Waals surface area contributed by atoms with E-state index in [9.17, 15) is 34.2 Å². The lowest BCUT2D eigenvalue weighted by Gasteiger charge is -2.25. The molecule has 40 heavy (non-hydrogen) atoms. The summed E-state index contributed by atoms with van der Waals surface area (Å²) in [6.07, 6.45) is 1.04. The topological polar surface area (TPSA) is 230 Å². The fraction of sp³-hybridized carbons (Fsp3) is 0.296. The number of carboxylic acids is 1. The number of amides is 4.